The standard InChI is InChI=1S/C33H36F6N4O4S/c1-5-6-21-15-23(31(47,32(34,35)36)33(37,38)39)9-14-26(21)41-16-20(3)42(17-19(41)2)27(44)18-43-28(45)30(4,40-29(43)46)22-7-10-24(11-8-22)48-25-12-13-25/h5-11,14-15,19-20,25,47H,12-13,16-18H2,1-4H3,(H,40,46)/t19?,20?,30-/m0/s1. The van der Waals surface area contributed by atoms with Crippen molar-refractivity contribution in [1.82, 2.24) is 15.1 Å². The van der Waals surface area contributed by atoms with E-state index >= 15 is 0 Å². The molecule has 2 aromatic carbocycles. The van der Waals surface area contributed by atoms with Gasteiger partial charge < -0.3 is 20.2 Å². The molecule has 0 spiro atoms. The number of hydrogen-bond donors (Lipinski definition) is 2. The molecule has 1 saturated carbocycles. The molecule has 3 aliphatic rings. The van der Waals surface area contributed by atoms with Gasteiger partial charge in [0.15, 0.2) is 0 Å². The van der Waals surface area contributed by atoms with Gasteiger partial charge in [0.2, 0.25) is 5.91 Å². The minimum Gasteiger partial charge on any atom is -0.369 e. The fourth-order valence-electron chi connectivity index (χ4n) is 6.16. The van der Waals surface area contributed by atoms with E-state index in [1.165, 1.54) is 29.9 Å². The van der Waals surface area contributed by atoms with E-state index in [4.69, 9.17) is 0 Å². The van der Waals surface area contributed by atoms with Gasteiger partial charge in [0.05, 0.1) is 0 Å². The van der Waals surface area contributed by atoms with Crippen LogP contribution in [-0.4, -0.2) is 82.1 Å². The number of urea groups is 1. The molecule has 4 amide bonds. The van der Waals surface area contributed by atoms with Crippen LogP contribution in [0.15, 0.2) is 53.4 Å². The number of nitrogens with zero attached hydrogens (tertiary/aromatic N) is 3. The fourth-order valence-corrected chi connectivity index (χ4v) is 7.21. The maximum Gasteiger partial charge on any atom is 0.430 e. The Bertz CT molecular complexity index is 1600. The monoisotopic (exact) mass is 698 g/mol. The smallest absolute Gasteiger partial charge is 0.369 e. The molecule has 1 aliphatic carbocycles. The molecule has 3 atom stereocenters. The highest BCUT2D eigenvalue weighted by Gasteiger charge is 2.71. The number of aliphatic hydroxyl groups is 1. The van der Waals surface area contributed by atoms with Crippen molar-refractivity contribution in [2.24, 2.45) is 0 Å². The summed E-state index contributed by atoms with van der Waals surface area (Å²) in [6.45, 7) is 6.29. The van der Waals surface area contributed by atoms with Gasteiger partial charge in [-0.15, -0.1) is 11.8 Å². The summed E-state index contributed by atoms with van der Waals surface area (Å²) in [5, 5.41) is 13.3. The minimum atomic E-state index is -6.03. The lowest BCUT2D eigenvalue weighted by Gasteiger charge is -2.46. The Hall–Kier alpha value is -3.72. The fraction of sp³-hybridized carbons (Fsp3) is 0.485. The second-order valence-electron chi connectivity index (χ2n) is 12.7. The summed E-state index contributed by atoms with van der Waals surface area (Å²) in [6, 6.07) is 8.06. The first-order chi connectivity index (χ1) is 22.3. The van der Waals surface area contributed by atoms with Crippen LogP contribution in [-0.2, 0) is 20.7 Å². The van der Waals surface area contributed by atoms with Crippen molar-refractivity contribution in [3.63, 3.8) is 0 Å². The molecule has 2 unspecified atom stereocenters. The van der Waals surface area contributed by atoms with E-state index in [1.807, 2.05) is 12.1 Å². The summed E-state index contributed by atoms with van der Waals surface area (Å²) in [5.41, 5.74) is -6.91. The summed E-state index contributed by atoms with van der Waals surface area (Å²) in [6.07, 6.45) is -6.93. The van der Waals surface area contributed by atoms with Gasteiger partial charge in [0.1, 0.15) is 12.1 Å². The lowest BCUT2D eigenvalue weighted by molar-refractivity contribution is -0.376. The molecule has 3 fully saturated rings. The number of benzene rings is 2. The average molecular weight is 699 g/mol. The largest absolute Gasteiger partial charge is 0.430 e. The van der Waals surface area contributed by atoms with Crippen LogP contribution in [0.1, 0.15) is 57.2 Å². The molecular formula is C33H36F6N4O4S. The summed E-state index contributed by atoms with van der Waals surface area (Å²) in [4.78, 5) is 45.2. The van der Waals surface area contributed by atoms with Crippen LogP contribution < -0.4 is 10.2 Å². The summed E-state index contributed by atoms with van der Waals surface area (Å²) in [7, 11) is 0. The number of hydrogen-bond acceptors (Lipinski definition) is 6. The van der Waals surface area contributed by atoms with Gasteiger partial charge in [-0.25, -0.2) is 4.79 Å². The van der Waals surface area contributed by atoms with Crippen LogP contribution in [0.2, 0.25) is 0 Å². The Labute approximate surface area is 278 Å². The van der Waals surface area contributed by atoms with Crippen molar-refractivity contribution < 1.29 is 45.8 Å². The average Bonchev–Trinajstić information content (AvgIpc) is 3.79. The number of piperazine rings is 1. The zero-order valence-electron chi connectivity index (χ0n) is 26.7. The van der Waals surface area contributed by atoms with Crippen LogP contribution in [0.3, 0.4) is 0 Å². The van der Waals surface area contributed by atoms with Gasteiger partial charge in [-0.2, -0.15) is 26.3 Å². The quantitative estimate of drug-likeness (QED) is 0.253. The van der Waals surface area contributed by atoms with E-state index in [0.29, 0.717) is 28.6 Å². The third-order valence-corrected chi connectivity index (χ3v) is 10.4. The SMILES string of the molecule is CC=Cc1cc(C(O)(C(F)(F)F)C(F)(F)F)ccc1N1CC(C)N(C(=O)CN2C(=O)N[C@@](C)(c3ccc(SC4CC4)cc3)C2=O)CC1C. The van der Waals surface area contributed by atoms with Crippen molar-refractivity contribution in [2.75, 3.05) is 24.5 Å². The molecule has 2 saturated heterocycles. The Kier molecular flexibility index (Phi) is 9.36. The molecule has 0 bridgehead atoms. The third-order valence-electron chi connectivity index (χ3n) is 9.05. The van der Waals surface area contributed by atoms with E-state index in [9.17, 15) is 45.8 Å². The van der Waals surface area contributed by atoms with E-state index < -0.39 is 65.5 Å². The maximum absolute atomic E-state index is 13.6. The van der Waals surface area contributed by atoms with E-state index in [2.05, 4.69) is 5.32 Å². The molecule has 2 heterocycles. The van der Waals surface area contributed by atoms with Gasteiger partial charge in [-0.05, 0) is 75.9 Å². The van der Waals surface area contributed by atoms with Gasteiger partial charge in [0.25, 0.3) is 11.5 Å². The number of alkyl halides is 6. The number of halogens is 6. The van der Waals surface area contributed by atoms with Gasteiger partial charge in [0, 0.05) is 46.6 Å². The molecule has 2 aromatic rings. The molecular weight excluding hydrogens is 662 g/mol. The number of carbonyl (C=O) groups excluding carboxylic acids is 3. The first kappa shape index (κ1) is 35.6. The third kappa shape index (κ3) is 6.38. The van der Waals surface area contributed by atoms with Gasteiger partial charge >= 0.3 is 18.4 Å². The number of amides is 4. The lowest BCUT2D eigenvalue weighted by atomic mass is 9.89. The molecule has 2 aliphatic heterocycles. The van der Waals surface area contributed by atoms with Crippen LogP contribution >= 0.6 is 11.8 Å². The van der Waals surface area contributed by atoms with E-state index in [-0.39, 0.29) is 18.7 Å². The first-order valence-electron chi connectivity index (χ1n) is 15.4. The zero-order valence-corrected chi connectivity index (χ0v) is 27.5. The molecule has 5 rings (SSSR count). The number of thioether (sulfide) groups is 1. The molecule has 15 heteroatoms. The highest BCUT2D eigenvalue weighted by atomic mass is 32.2. The van der Waals surface area contributed by atoms with Crippen molar-refractivity contribution >= 4 is 41.4 Å². The Balaban J connectivity index is 1.31. The summed E-state index contributed by atoms with van der Waals surface area (Å²) < 4.78 is 81.5. The van der Waals surface area contributed by atoms with Crippen LogP contribution in [0.5, 0.6) is 0 Å². The van der Waals surface area contributed by atoms with Crippen LogP contribution in [0.4, 0.5) is 36.8 Å². The normalized spacial score (nSPS) is 24.1. The van der Waals surface area contributed by atoms with Crippen molar-refractivity contribution in [3.8, 4) is 0 Å². The lowest BCUT2D eigenvalue weighted by Crippen LogP contribution is -2.60. The number of carbonyl (C=O) groups is 3. The Morgan fingerprint density at radius 1 is 1.00 bits per heavy atom. The maximum atomic E-state index is 13.6. The predicted octanol–water partition coefficient (Wildman–Crippen LogP) is 6.18. The van der Waals surface area contributed by atoms with Crippen molar-refractivity contribution in [2.45, 2.75) is 86.3 Å². The van der Waals surface area contributed by atoms with E-state index in [0.717, 1.165) is 15.9 Å². The zero-order chi connectivity index (χ0) is 35.4. The number of anilines is 1. The number of rotatable bonds is 8. The summed E-state index contributed by atoms with van der Waals surface area (Å²) >= 11 is 1.76. The van der Waals surface area contributed by atoms with Gasteiger partial charge in [-0.3, -0.25) is 14.5 Å². The second kappa shape index (κ2) is 12.6. The number of allylic oxidation sites excluding steroid dienone is 1. The topological polar surface area (TPSA) is 93.2 Å². The molecule has 0 aromatic heterocycles. The van der Waals surface area contributed by atoms with Crippen molar-refractivity contribution in [1.29, 1.82) is 0 Å². The molecule has 48 heavy (non-hydrogen) atoms. The molecule has 8 nitrogen and oxygen atoms in total. The van der Waals surface area contributed by atoms with Crippen LogP contribution in [0, 0.1) is 0 Å². The second-order valence-corrected chi connectivity index (χ2v) is 14.0. The molecule has 0 radical (unpaired) electrons. The van der Waals surface area contributed by atoms with E-state index in [1.54, 1.807) is 56.5 Å². The Morgan fingerprint density at radius 3 is 2.19 bits per heavy atom. The summed E-state index contributed by atoms with van der Waals surface area (Å²) in [5.74, 6) is -1.07. The highest BCUT2D eigenvalue weighted by molar-refractivity contribution is 8.00. The number of imide groups is 1. The molecule has 2 N–H and O–H groups in total. The van der Waals surface area contributed by atoms with Crippen LogP contribution in [0.25, 0.3) is 6.08 Å². The first-order valence-corrected chi connectivity index (χ1v) is 16.3. The number of nitrogens with one attached hydrogen (secondary N) is 1. The highest BCUT2D eigenvalue weighted by Crippen LogP contribution is 2.51. The van der Waals surface area contributed by atoms with Gasteiger partial charge in [-0.1, -0.05) is 30.4 Å². The minimum absolute atomic E-state index is 0.0125. The Morgan fingerprint density at radius 2 is 1.62 bits per heavy atom. The molecule has 260 valence electrons. The predicted molar refractivity (Wildman–Crippen MR) is 168 cm³/mol. The van der Waals surface area contributed by atoms with Crippen molar-refractivity contribution in [3.05, 3.63) is 65.2 Å².